The van der Waals surface area contributed by atoms with Gasteiger partial charge in [0.2, 0.25) is 5.91 Å². The molecule has 0 fully saturated rings. The van der Waals surface area contributed by atoms with E-state index in [0.717, 1.165) is 6.20 Å². The Bertz CT molecular complexity index is 305. The molecule has 0 unspecified atom stereocenters. The molecule has 1 aromatic heterocycles. The quantitative estimate of drug-likeness (QED) is 0.658. The van der Waals surface area contributed by atoms with E-state index < -0.39 is 11.7 Å². The first-order valence-electron chi connectivity index (χ1n) is 3.27. The van der Waals surface area contributed by atoms with Gasteiger partial charge in [-0.05, 0) is 18.2 Å². The number of halogens is 1. The van der Waals surface area contributed by atoms with Crippen LogP contribution >= 0.6 is 0 Å². The van der Waals surface area contributed by atoms with Crippen molar-refractivity contribution in [1.82, 2.24) is 4.98 Å². The lowest BCUT2D eigenvalue weighted by Crippen LogP contribution is -2.05. The van der Waals surface area contributed by atoms with E-state index in [0.29, 0.717) is 5.69 Å². The molecule has 1 rings (SSSR count). The highest BCUT2D eigenvalue weighted by atomic mass is 19.1. The van der Waals surface area contributed by atoms with Gasteiger partial charge in [-0.3, -0.25) is 9.78 Å². The van der Waals surface area contributed by atoms with Gasteiger partial charge in [-0.2, -0.15) is 0 Å². The molecular formula is C8H7FN2O. The van der Waals surface area contributed by atoms with Crippen LogP contribution in [0.25, 0.3) is 6.08 Å². The summed E-state index contributed by atoms with van der Waals surface area (Å²) in [5.74, 6) is -0.965. The molecule has 0 saturated heterocycles. The molecule has 62 valence electrons. The van der Waals surface area contributed by atoms with Crippen LogP contribution in [0.2, 0.25) is 0 Å². The Kier molecular flexibility index (Phi) is 2.53. The van der Waals surface area contributed by atoms with Crippen molar-refractivity contribution in [3.8, 4) is 0 Å². The fourth-order valence-corrected chi connectivity index (χ4v) is 0.653. The van der Waals surface area contributed by atoms with Gasteiger partial charge in [-0.1, -0.05) is 0 Å². The molecule has 1 heterocycles. The summed E-state index contributed by atoms with van der Waals surface area (Å²) in [5.41, 5.74) is 5.34. The average Bonchev–Trinajstić information content (AvgIpc) is 2.03. The van der Waals surface area contributed by atoms with Crippen LogP contribution in [0.5, 0.6) is 0 Å². The Morgan fingerprint density at radius 2 is 2.33 bits per heavy atom. The minimum absolute atomic E-state index is 0.411. The van der Waals surface area contributed by atoms with Gasteiger partial charge in [0.05, 0.1) is 11.9 Å². The van der Waals surface area contributed by atoms with Gasteiger partial charge in [-0.25, -0.2) is 4.39 Å². The van der Waals surface area contributed by atoms with E-state index in [4.69, 9.17) is 5.73 Å². The van der Waals surface area contributed by atoms with Crippen molar-refractivity contribution < 1.29 is 9.18 Å². The van der Waals surface area contributed by atoms with Crippen molar-refractivity contribution >= 4 is 12.0 Å². The van der Waals surface area contributed by atoms with Gasteiger partial charge in [0, 0.05) is 6.08 Å². The summed E-state index contributed by atoms with van der Waals surface area (Å²) in [4.78, 5) is 14.0. The van der Waals surface area contributed by atoms with Crippen LogP contribution in [-0.2, 0) is 4.79 Å². The lowest BCUT2D eigenvalue weighted by molar-refractivity contribution is -0.113. The zero-order valence-corrected chi connectivity index (χ0v) is 6.20. The maximum atomic E-state index is 12.3. The molecule has 0 aliphatic heterocycles. The minimum Gasteiger partial charge on any atom is -0.366 e. The lowest BCUT2D eigenvalue weighted by Gasteiger charge is -1.90. The Hall–Kier alpha value is -1.71. The number of pyridine rings is 1. The number of carbonyl (C=O) groups is 1. The predicted molar refractivity (Wildman–Crippen MR) is 42.4 cm³/mol. The van der Waals surface area contributed by atoms with Gasteiger partial charge in [0.1, 0.15) is 5.82 Å². The number of rotatable bonds is 2. The number of carbonyl (C=O) groups excluding carboxylic acids is 1. The van der Waals surface area contributed by atoms with Gasteiger partial charge in [0.15, 0.2) is 0 Å². The molecule has 0 saturated carbocycles. The van der Waals surface area contributed by atoms with Crippen molar-refractivity contribution in [3.63, 3.8) is 0 Å². The molecule has 0 atom stereocenters. The summed E-state index contributed by atoms with van der Waals surface area (Å²) in [6.07, 6.45) is 3.66. The number of amides is 1. The fraction of sp³-hybridized carbons (Fsp3) is 0. The molecule has 0 bridgehead atoms. The summed E-state index contributed by atoms with van der Waals surface area (Å²) in [7, 11) is 0. The second-order valence-corrected chi connectivity index (χ2v) is 2.14. The topological polar surface area (TPSA) is 56.0 Å². The first kappa shape index (κ1) is 8.39. The van der Waals surface area contributed by atoms with Gasteiger partial charge >= 0.3 is 0 Å². The highest BCUT2D eigenvalue weighted by molar-refractivity contribution is 5.89. The number of nitrogens with two attached hydrogens (primary N) is 1. The van der Waals surface area contributed by atoms with Crippen LogP contribution in [0.1, 0.15) is 5.69 Å². The van der Waals surface area contributed by atoms with Gasteiger partial charge < -0.3 is 5.73 Å². The van der Waals surface area contributed by atoms with Crippen molar-refractivity contribution in [2.75, 3.05) is 0 Å². The second-order valence-electron chi connectivity index (χ2n) is 2.14. The summed E-state index contributed by atoms with van der Waals surface area (Å²) < 4.78 is 12.3. The molecule has 0 spiro atoms. The number of aromatic nitrogens is 1. The van der Waals surface area contributed by atoms with E-state index in [2.05, 4.69) is 4.98 Å². The van der Waals surface area contributed by atoms with E-state index in [1.54, 1.807) is 0 Å². The van der Waals surface area contributed by atoms with Crippen molar-refractivity contribution in [3.05, 3.63) is 35.9 Å². The molecular weight excluding hydrogens is 159 g/mol. The maximum absolute atomic E-state index is 12.3. The van der Waals surface area contributed by atoms with Crippen LogP contribution in [-0.4, -0.2) is 10.9 Å². The first-order chi connectivity index (χ1) is 5.68. The Morgan fingerprint density at radius 3 is 2.83 bits per heavy atom. The minimum atomic E-state index is -0.555. The third-order valence-corrected chi connectivity index (χ3v) is 1.17. The molecule has 4 heteroatoms. The fourth-order valence-electron chi connectivity index (χ4n) is 0.653. The number of hydrogen-bond donors (Lipinski definition) is 1. The van der Waals surface area contributed by atoms with E-state index in [9.17, 15) is 9.18 Å². The summed E-state index contributed by atoms with van der Waals surface area (Å²) in [6, 6.07) is 2.71. The van der Waals surface area contributed by atoms with Crippen LogP contribution in [0.4, 0.5) is 4.39 Å². The van der Waals surface area contributed by atoms with E-state index >= 15 is 0 Å². The zero-order chi connectivity index (χ0) is 8.97. The molecule has 0 aliphatic carbocycles. The Morgan fingerprint density at radius 1 is 1.58 bits per heavy atom. The average molecular weight is 166 g/mol. The number of hydrogen-bond acceptors (Lipinski definition) is 2. The van der Waals surface area contributed by atoms with Crippen molar-refractivity contribution in [1.29, 1.82) is 0 Å². The number of primary amides is 1. The normalized spacial score (nSPS) is 10.4. The summed E-state index contributed by atoms with van der Waals surface area (Å²) in [5, 5.41) is 0. The smallest absolute Gasteiger partial charge is 0.241 e. The lowest BCUT2D eigenvalue weighted by atomic mass is 10.3. The molecule has 0 radical (unpaired) electrons. The van der Waals surface area contributed by atoms with Crippen LogP contribution < -0.4 is 5.73 Å². The molecule has 12 heavy (non-hydrogen) atoms. The second kappa shape index (κ2) is 3.61. The number of nitrogens with zero attached hydrogens (tertiary/aromatic N) is 1. The molecule has 0 aromatic carbocycles. The molecule has 1 aromatic rings. The molecule has 3 nitrogen and oxygen atoms in total. The third kappa shape index (κ3) is 2.49. The maximum Gasteiger partial charge on any atom is 0.241 e. The highest BCUT2D eigenvalue weighted by Gasteiger charge is 1.90. The van der Waals surface area contributed by atoms with Crippen molar-refractivity contribution in [2.24, 2.45) is 5.73 Å². The monoisotopic (exact) mass is 166 g/mol. The Labute approximate surface area is 68.7 Å². The first-order valence-corrected chi connectivity index (χ1v) is 3.27. The molecule has 0 aliphatic rings. The van der Waals surface area contributed by atoms with Crippen molar-refractivity contribution in [2.45, 2.75) is 0 Å². The summed E-state index contributed by atoms with van der Waals surface area (Å²) in [6.45, 7) is 0. The standard InChI is InChI=1S/C8H7FN2O/c9-6-1-2-7(11-5-6)3-4-8(10)12/h1-5H,(H2,10,12). The van der Waals surface area contributed by atoms with E-state index in [-0.39, 0.29) is 0 Å². The zero-order valence-electron chi connectivity index (χ0n) is 6.20. The van der Waals surface area contributed by atoms with E-state index in [1.165, 1.54) is 24.3 Å². The predicted octanol–water partition coefficient (Wildman–Crippen LogP) is 0.719. The molecule has 2 N–H and O–H groups in total. The van der Waals surface area contributed by atoms with Crippen LogP contribution in [0.3, 0.4) is 0 Å². The van der Waals surface area contributed by atoms with Crippen LogP contribution in [0.15, 0.2) is 24.4 Å². The highest BCUT2D eigenvalue weighted by Crippen LogP contribution is 1.99. The third-order valence-electron chi connectivity index (χ3n) is 1.17. The van der Waals surface area contributed by atoms with Crippen LogP contribution in [0, 0.1) is 5.82 Å². The SMILES string of the molecule is NC(=O)C=Cc1ccc(F)cn1. The largest absolute Gasteiger partial charge is 0.366 e. The van der Waals surface area contributed by atoms with E-state index in [1.807, 2.05) is 0 Å². The Balaban J connectivity index is 2.77. The van der Waals surface area contributed by atoms with Gasteiger partial charge in [0.25, 0.3) is 0 Å². The summed E-state index contributed by atoms with van der Waals surface area (Å²) >= 11 is 0. The van der Waals surface area contributed by atoms with Gasteiger partial charge in [-0.15, -0.1) is 0 Å². The molecule has 1 amide bonds.